The van der Waals surface area contributed by atoms with Crippen LogP contribution in [0.3, 0.4) is 0 Å². The van der Waals surface area contributed by atoms with Crippen molar-refractivity contribution in [3.8, 4) is 0 Å². The molecule has 0 aromatic rings. The fourth-order valence-corrected chi connectivity index (χ4v) is 2.18. The summed E-state index contributed by atoms with van der Waals surface area (Å²) in [6, 6.07) is 0. The third-order valence-electron chi connectivity index (χ3n) is 1.73. The number of hydrogen-bond donors (Lipinski definition) is 0. The second kappa shape index (κ2) is 2.38. The van der Waals surface area contributed by atoms with Gasteiger partial charge in [0.05, 0.1) is 11.0 Å². The van der Waals surface area contributed by atoms with Crippen molar-refractivity contribution < 1.29 is 9.47 Å². The first-order valence-electron chi connectivity index (χ1n) is 3.48. The lowest BCUT2D eigenvalue weighted by molar-refractivity contribution is 0.0650. The predicted octanol–water partition coefficient (Wildman–Crippen LogP) is 1.38. The molecule has 0 amide bonds. The Kier molecular flexibility index (Phi) is 1.52. The lowest BCUT2D eigenvalue weighted by Gasteiger charge is -2.18. The van der Waals surface area contributed by atoms with Gasteiger partial charge in [-0.05, 0) is 6.92 Å². The molecule has 0 spiro atoms. The molecule has 2 nitrogen and oxygen atoms in total. The first kappa shape index (κ1) is 6.40. The number of thioether (sulfide) groups is 1. The first-order valence-corrected chi connectivity index (χ1v) is 4.53. The summed E-state index contributed by atoms with van der Waals surface area (Å²) < 4.78 is 10.9. The molecule has 0 saturated carbocycles. The molecule has 0 aliphatic carbocycles. The molecule has 2 aliphatic rings. The molecule has 1 unspecified atom stereocenters. The Balaban J connectivity index is 2.20. The molecule has 0 saturated heterocycles. The number of hydrogen-bond acceptors (Lipinski definition) is 3. The Labute approximate surface area is 64.6 Å². The van der Waals surface area contributed by atoms with E-state index in [1.165, 1.54) is 0 Å². The van der Waals surface area contributed by atoms with E-state index in [9.17, 15) is 0 Å². The largest absolute Gasteiger partial charge is 0.490 e. The highest BCUT2D eigenvalue weighted by molar-refractivity contribution is 8.00. The summed E-state index contributed by atoms with van der Waals surface area (Å²) in [4.78, 5) is 0. The Morgan fingerprint density at radius 3 is 3.00 bits per heavy atom. The van der Waals surface area contributed by atoms with Gasteiger partial charge in [-0.1, -0.05) is 0 Å². The van der Waals surface area contributed by atoms with E-state index in [2.05, 4.69) is 6.92 Å². The van der Waals surface area contributed by atoms with E-state index in [1.54, 1.807) is 0 Å². The molecule has 0 bridgehead atoms. The highest BCUT2D eigenvalue weighted by Crippen LogP contribution is 2.34. The molecule has 56 valence electrons. The summed E-state index contributed by atoms with van der Waals surface area (Å²) in [5.41, 5.74) is 0. The zero-order chi connectivity index (χ0) is 6.97. The van der Waals surface area contributed by atoms with Crippen LogP contribution in [0.15, 0.2) is 11.5 Å². The normalized spacial score (nSPS) is 31.1. The molecule has 0 aromatic heterocycles. The van der Waals surface area contributed by atoms with Gasteiger partial charge in [0.1, 0.15) is 24.7 Å². The SMILES string of the molecule is CC1SCC2=C1OCCO2. The summed E-state index contributed by atoms with van der Waals surface area (Å²) in [6.45, 7) is 3.61. The lowest BCUT2D eigenvalue weighted by Crippen LogP contribution is -2.14. The molecular formula is C7H10O2S. The second-order valence-corrected chi connectivity index (χ2v) is 3.77. The molecule has 2 aliphatic heterocycles. The zero-order valence-corrected chi connectivity index (χ0v) is 6.74. The van der Waals surface area contributed by atoms with Gasteiger partial charge in [-0.3, -0.25) is 0 Å². The summed E-state index contributed by atoms with van der Waals surface area (Å²) in [5.74, 6) is 3.15. The molecule has 2 rings (SSSR count). The van der Waals surface area contributed by atoms with Gasteiger partial charge < -0.3 is 9.47 Å². The van der Waals surface area contributed by atoms with E-state index in [0.717, 1.165) is 30.5 Å². The van der Waals surface area contributed by atoms with Crippen molar-refractivity contribution >= 4 is 11.8 Å². The van der Waals surface area contributed by atoms with Gasteiger partial charge in [0.2, 0.25) is 0 Å². The highest BCUT2D eigenvalue weighted by Gasteiger charge is 2.27. The molecule has 0 fully saturated rings. The van der Waals surface area contributed by atoms with Crippen LogP contribution in [0, 0.1) is 0 Å². The molecule has 10 heavy (non-hydrogen) atoms. The highest BCUT2D eigenvalue weighted by atomic mass is 32.2. The van der Waals surface area contributed by atoms with Gasteiger partial charge in [0.15, 0.2) is 0 Å². The van der Waals surface area contributed by atoms with E-state index in [-0.39, 0.29) is 0 Å². The summed E-state index contributed by atoms with van der Waals surface area (Å²) in [5, 5.41) is 0.510. The average molecular weight is 158 g/mol. The topological polar surface area (TPSA) is 18.5 Å². The van der Waals surface area contributed by atoms with Crippen LogP contribution in [0.2, 0.25) is 0 Å². The second-order valence-electron chi connectivity index (χ2n) is 2.44. The van der Waals surface area contributed by atoms with Gasteiger partial charge in [0, 0.05) is 0 Å². The van der Waals surface area contributed by atoms with Crippen molar-refractivity contribution in [3.63, 3.8) is 0 Å². The smallest absolute Gasteiger partial charge is 0.147 e. The van der Waals surface area contributed by atoms with Gasteiger partial charge in [-0.15, -0.1) is 11.8 Å². The van der Waals surface area contributed by atoms with Gasteiger partial charge in [0.25, 0.3) is 0 Å². The van der Waals surface area contributed by atoms with Crippen molar-refractivity contribution in [1.29, 1.82) is 0 Å². The van der Waals surface area contributed by atoms with E-state index in [1.807, 2.05) is 11.8 Å². The summed E-state index contributed by atoms with van der Waals surface area (Å²) in [6.07, 6.45) is 0. The Morgan fingerprint density at radius 1 is 1.40 bits per heavy atom. The minimum absolute atomic E-state index is 0.510. The van der Waals surface area contributed by atoms with Gasteiger partial charge >= 0.3 is 0 Å². The fraction of sp³-hybridized carbons (Fsp3) is 0.714. The van der Waals surface area contributed by atoms with Crippen LogP contribution in [0.25, 0.3) is 0 Å². The minimum atomic E-state index is 0.510. The van der Waals surface area contributed by atoms with Crippen molar-refractivity contribution in [3.05, 3.63) is 11.5 Å². The molecule has 1 atom stereocenters. The number of ether oxygens (including phenoxy) is 2. The zero-order valence-electron chi connectivity index (χ0n) is 5.92. The third-order valence-corrected chi connectivity index (χ3v) is 2.87. The van der Waals surface area contributed by atoms with Crippen LogP contribution in [0.5, 0.6) is 0 Å². The van der Waals surface area contributed by atoms with E-state index >= 15 is 0 Å². The molecular weight excluding hydrogens is 148 g/mol. The average Bonchev–Trinajstić information content (AvgIpc) is 2.34. The summed E-state index contributed by atoms with van der Waals surface area (Å²) >= 11 is 1.88. The maximum absolute atomic E-state index is 5.45. The maximum Gasteiger partial charge on any atom is 0.147 e. The van der Waals surface area contributed by atoms with Crippen LogP contribution < -0.4 is 0 Å². The molecule has 0 radical (unpaired) electrons. The molecule has 0 N–H and O–H groups in total. The van der Waals surface area contributed by atoms with Crippen molar-refractivity contribution in [2.75, 3.05) is 19.0 Å². The Morgan fingerprint density at radius 2 is 2.20 bits per heavy atom. The maximum atomic E-state index is 5.45. The molecule has 3 heteroatoms. The van der Waals surface area contributed by atoms with Crippen molar-refractivity contribution in [2.45, 2.75) is 12.2 Å². The standard InChI is InChI=1S/C7H10O2S/c1-5-7-6(4-10-5)8-2-3-9-7/h5H,2-4H2,1H3. The monoisotopic (exact) mass is 158 g/mol. The van der Waals surface area contributed by atoms with E-state index in [4.69, 9.17) is 9.47 Å². The quantitative estimate of drug-likeness (QED) is 0.530. The Bertz CT molecular complexity index is 176. The van der Waals surface area contributed by atoms with Crippen LogP contribution in [0.4, 0.5) is 0 Å². The van der Waals surface area contributed by atoms with E-state index < -0.39 is 0 Å². The van der Waals surface area contributed by atoms with Crippen LogP contribution >= 0.6 is 11.8 Å². The first-order chi connectivity index (χ1) is 4.88. The minimum Gasteiger partial charge on any atom is -0.490 e. The Hall–Kier alpha value is -0.310. The van der Waals surface area contributed by atoms with E-state index in [0.29, 0.717) is 5.25 Å². The van der Waals surface area contributed by atoms with Crippen LogP contribution in [-0.4, -0.2) is 24.2 Å². The van der Waals surface area contributed by atoms with Gasteiger partial charge in [-0.25, -0.2) is 0 Å². The lowest BCUT2D eigenvalue weighted by atomic mass is 10.3. The number of rotatable bonds is 0. The molecule has 2 heterocycles. The van der Waals surface area contributed by atoms with Crippen molar-refractivity contribution in [1.82, 2.24) is 0 Å². The fourth-order valence-electron chi connectivity index (χ4n) is 1.20. The molecule has 0 aromatic carbocycles. The third kappa shape index (κ3) is 0.888. The van der Waals surface area contributed by atoms with Crippen molar-refractivity contribution in [2.24, 2.45) is 0 Å². The van der Waals surface area contributed by atoms with Crippen LogP contribution in [-0.2, 0) is 9.47 Å². The summed E-state index contributed by atoms with van der Waals surface area (Å²) in [7, 11) is 0. The van der Waals surface area contributed by atoms with Gasteiger partial charge in [-0.2, -0.15) is 0 Å². The predicted molar refractivity (Wildman–Crippen MR) is 40.9 cm³/mol. The van der Waals surface area contributed by atoms with Crippen LogP contribution in [0.1, 0.15) is 6.92 Å².